The molecule has 1 aromatic rings. The van der Waals surface area contributed by atoms with Crippen molar-refractivity contribution in [3.8, 4) is 0 Å². The minimum atomic E-state index is -0.120. The van der Waals surface area contributed by atoms with Crippen molar-refractivity contribution in [2.75, 3.05) is 17.3 Å². The average Bonchev–Trinajstić information content (AvgIpc) is 3.18. The van der Waals surface area contributed by atoms with Crippen LogP contribution in [0.4, 0.5) is 11.6 Å². The molecule has 2 atom stereocenters. The zero-order valence-corrected chi connectivity index (χ0v) is 13.0. The van der Waals surface area contributed by atoms with Gasteiger partial charge in [-0.25, -0.2) is 15.8 Å². The quantitative estimate of drug-likeness (QED) is 0.581. The number of nitrogen functional groups attached to an aromatic ring is 1. The van der Waals surface area contributed by atoms with E-state index in [2.05, 4.69) is 41.5 Å². The molecule has 3 rings (SSSR count). The van der Waals surface area contributed by atoms with E-state index in [1.165, 1.54) is 12.8 Å². The van der Waals surface area contributed by atoms with Gasteiger partial charge in [0, 0.05) is 18.1 Å². The Balaban J connectivity index is 1.80. The van der Waals surface area contributed by atoms with E-state index in [-0.39, 0.29) is 5.41 Å². The summed E-state index contributed by atoms with van der Waals surface area (Å²) in [5, 5.41) is 3.53. The lowest BCUT2D eigenvalue weighted by molar-refractivity contribution is 0.0898. The molecule has 116 valence electrons. The molecule has 2 fully saturated rings. The Bertz CT molecular complexity index is 509. The van der Waals surface area contributed by atoms with Crippen molar-refractivity contribution in [2.24, 2.45) is 11.8 Å². The summed E-state index contributed by atoms with van der Waals surface area (Å²) < 4.78 is 5.87. The highest BCUT2D eigenvalue weighted by Gasteiger charge is 2.40. The number of rotatable bonds is 4. The van der Waals surface area contributed by atoms with Gasteiger partial charge in [0.1, 0.15) is 17.5 Å². The molecule has 2 unspecified atom stereocenters. The van der Waals surface area contributed by atoms with Crippen LogP contribution in [0.25, 0.3) is 0 Å². The lowest BCUT2D eigenvalue weighted by Crippen LogP contribution is -2.32. The maximum atomic E-state index is 5.87. The molecule has 1 aromatic heterocycles. The van der Waals surface area contributed by atoms with E-state index in [1.807, 2.05) is 6.07 Å². The Morgan fingerprint density at radius 1 is 1.19 bits per heavy atom. The monoisotopic (exact) mass is 291 g/mol. The smallest absolute Gasteiger partial charge is 0.145 e. The first-order valence-electron chi connectivity index (χ1n) is 7.71. The van der Waals surface area contributed by atoms with Crippen LogP contribution < -0.4 is 16.6 Å². The van der Waals surface area contributed by atoms with Gasteiger partial charge in [0.25, 0.3) is 0 Å². The maximum Gasteiger partial charge on any atom is 0.145 e. The summed E-state index contributed by atoms with van der Waals surface area (Å²) in [7, 11) is 0. The molecule has 0 aromatic carbocycles. The fraction of sp³-hybridized carbons (Fsp3) is 0.733. The number of nitrogens with two attached hydrogens (primary N) is 1. The topological polar surface area (TPSA) is 85.1 Å². The van der Waals surface area contributed by atoms with Gasteiger partial charge in [-0.05, 0) is 25.2 Å². The van der Waals surface area contributed by atoms with Crippen molar-refractivity contribution >= 4 is 11.6 Å². The molecule has 6 heteroatoms. The van der Waals surface area contributed by atoms with Crippen LogP contribution in [0.2, 0.25) is 0 Å². The summed E-state index contributed by atoms with van der Waals surface area (Å²) in [6, 6.07) is 2.20. The van der Waals surface area contributed by atoms with Gasteiger partial charge < -0.3 is 15.5 Å². The normalized spacial score (nSPS) is 25.9. The van der Waals surface area contributed by atoms with Crippen molar-refractivity contribution in [3.05, 3.63) is 11.9 Å². The standard InChI is InChI=1S/C15H25N5O/c1-15(2,3)14-18-11(8-12(19-14)20-16)17-10-6-7-21-13(10)9-4-5-9/h8-10,13H,4-7,16H2,1-3H3,(H2,17,18,19,20). The molecule has 1 aliphatic heterocycles. The number of hydrogen-bond acceptors (Lipinski definition) is 6. The molecular weight excluding hydrogens is 266 g/mol. The third-order valence-electron chi connectivity index (χ3n) is 4.10. The van der Waals surface area contributed by atoms with Crippen LogP contribution in [0.5, 0.6) is 0 Å². The zero-order chi connectivity index (χ0) is 15.0. The number of nitrogens with one attached hydrogen (secondary N) is 2. The van der Waals surface area contributed by atoms with Gasteiger partial charge in [-0.15, -0.1) is 0 Å². The molecule has 0 amide bonds. The largest absolute Gasteiger partial charge is 0.376 e. The molecule has 2 heterocycles. The highest BCUT2D eigenvalue weighted by atomic mass is 16.5. The summed E-state index contributed by atoms with van der Waals surface area (Å²) in [6.45, 7) is 7.12. The van der Waals surface area contributed by atoms with Crippen LogP contribution in [0.1, 0.15) is 45.9 Å². The van der Waals surface area contributed by atoms with Crippen molar-refractivity contribution in [1.29, 1.82) is 0 Å². The predicted molar refractivity (Wildman–Crippen MR) is 83.0 cm³/mol. The molecule has 1 saturated carbocycles. The number of anilines is 2. The Hall–Kier alpha value is -1.40. The molecule has 0 spiro atoms. The lowest BCUT2D eigenvalue weighted by atomic mass is 9.96. The second kappa shape index (κ2) is 5.42. The third kappa shape index (κ3) is 3.27. The Morgan fingerprint density at radius 3 is 2.52 bits per heavy atom. The number of aromatic nitrogens is 2. The first kappa shape index (κ1) is 14.5. The first-order chi connectivity index (χ1) is 9.97. The highest BCUT2D eigenvalue weighted by Crippen LogP contribution is 2.39. The van der Waals surface area contributed by atoms with E-state index >= 15 is 0 Å². The Labute approximate surface area is 125 Å². The second-order valence-corrected chi connectivity index (χ2v) is 7.07. The summed E-state index contributed by atoms with van der Waals surface area (Å²) >= 11 is 0. The van der Waals surface area contributed by atoms with Gasteiger partial charge in [0.2, 0.25) is 0 Å². The Morgan fingerprint density at radius 2 is 1.90 bits per heavy atom. The van der Waals surface area contributed by atoms with Gasteiger partial charge in [-0.2, -0.15) is 0 Å². The average molecular weight is 291 g/mol. The maximum absolute atomic E-state index is 5.87. The summed E-state index contributed by atoms with van der Waals surface area (Å²) in [6.07, 6.45) is 3.93. The molecule has 4 N–H and O–H groups in total. The van der Waals surface area contributed by atoms with Gasteiger partial charge in [0.05, 0.1) is 12.1 Å². The van der Waals surface area contributed by atoms with Gasteiger partial charge in [-0.3, -0.25) is 0 Å². The minimum Gasteiger partial charge on any atom is -0.376 e. The fourth-order valence-corrected chi connectivity index (χ4v) is 2.78. The predicted octanol–water partition coefficient (Wildman–Crippen LogP) is 2.04. The van der Waals surface area contributed by atoms with E-state index in [4.69, 9.17) is 10.6 Å². The third-order valence-corrected chi connectivity index (χ3v) is 4.10. The second-order valence-electron chi connectivity index (χ2n) is 7.07. The lowest BCUT2D eigenvalue weighted by Gasteiger charge is -2.22. The molecule has 6 nitrogen and oxygen atoms in total. The van der Waals surface area contributed by atoms with Crippen molar-refractivity contribution in [1.82, 2.24) is 9.97 Å². The van der Waals surface area contributed by atoms with Crippen LogP contribution in [0.15, 0.2) is 6.07 Å². The van der Waals surface area contributed by atoms with E-state index in [1.54, 1.807) is 0 Å². The zero-order valence-electron chi connectivity index (χ0n) is 13.0. The van der Waals surface area contributed by atoms with E-state index in [0.717, 1.165) is 30.6 Å². The van der Waals surface area contributed by atoms with E-state index in [9.17, 15) is 0 Å². The fourth-order valence-electron chi connectivity index (χ4n) is 2.78. The minimum absolute atomic E-state index is 0.120. The molecule has 2 aliphatic rings. The molecule has 0 radical (unpaired) electrons. The van der Waals surface area contributed by atoms with Gasteiger partial charge in [-0.1, -0.05) is 20.8 Å². The molecule has 21 heavy (non-hydrogen) atoms. The SMILES string of the molecule is CC(C)(C)c1nc(NN)cc(NC2CCOC2C2CC2)n1. The number of ether oxygens (including phenoxy) is 1. The van der Waals surface area contributed by atoms with Crippen molar-refractivity contribution < 1.29 is 4.74 Å². The van der Waals surface area contributed by atoms with Gasteiger partial charge >= 0.3 is 0 Å². The number of hydrazine groups is 1. The molecular formula is C15H25N5O. The van der Waals surface area contributed by atoms with Crippen LogP contribution >= 0.6 is 0 Å². The van der Waals surface area contributed by atoms with Gasteiger partial charge in [0.15, 0.2) is 0 Å². The van der Waals surface area contributed by atoms with Crippen LogP contribution in [0, 0.1) is 5.92 Å². The Kier molecular flexibility index (Phi) is 3.75. The highest BCUT2D eigenvalue weighted by molar-refractivity contribution is 5.48. The number of hydrogen-bond donors (Lipinski definition) is 3. The van der Waals surface area contributed by atoms with Crippen LogP contribution in [0.3, 0.4) is 0 Å². The summed E-state index contributed by atoms with van der Waals surface area (Å²) in [5.41, 5.74) is 2.51. The van der Waals surface area contributed by atoms with Crippen molar-refractivity contribution in [2.45, 2.75) is 57.6 Å². The molecule has 1 aliphatic carbocycles. The number of nitrogens with zero attached hydrogens (tertiary/aromatic N) is 2. The van der Waals surface area contributed by atoms with E-state index in [0.29, 0.717) is 18.0 Å². The van der Waals surface area contributed by atoms with Crippen LogP contribution in [-0.4, -0.2) is 28.7 Å². The summed E-state index contributed by atoms with van der Waals surface area (Å²) in [5.74, 6) is 8.50. The van der Waals surface area contributed by atoms with E-state index < -0.39 is 0 Å². The molecule has 1 saturated heterocycles. The molecule has 0 bridgehead atoms. The summed E-state index contributed by atoms with van der Waals surface area (Å²) in [4.78, 5) is 9.10. The first-order valence-corrected chi connectivity index (χ1v) is 7.71. The van der Waals surface area contributed by atoms with Crippen LogP contribution in [-0.2, 0) is 10.2 Å². The van der Waals surface area contributed by atoms with Crippen molar-refractivity contribution in [3.63, 3.8) is 0 Å².